The number of anilines is 1. The highest BCUT2D eigenvalue weighted by atomic mass is 35.5. The molecule has 10 heteroatoms. The Kier molecular flexibility index (Phi) is 7.84. The lowest BCUT2D eigenvalue weighted by Gasteiger charge is -2.17. The van der Waals surface area contributed by atoms with Gasteiger partial charge in [-0.3, -0.25) is 9.59 Å². The monoisotopic (exact) mass is 512 g/mol. The first-order valence-corrected chi connectivity index (χ1v) is 10.7. The van der Waals surface area contributed by atoms with Gasteiger partial charge in [0, 0.05) is 11.7 Å². The number of benzene rings is 3. The van der Waals surface area contributed by atoms with Crippen molar-refractivity contribution in [2.75, 3.05) is 5.32 Å². The van der Waals surface area contributed by atoms with Crippen LogP contribution in [0, 0.1) is 5.82 Å². The van der Waals surface area contributed by atoms with E-state index in [2.05, 4.69) is 10.6 Å². The Balaban J connectivity index is 1.65. The molecule has 3 aromatic rings. The fraction of sp³-hybridized carbons (Fsp3) is 0.167. The van der Waals surface area contributed by atoms with Gasteiger partial charge < -0.3 is 10.6 Å². The van der Waals surface area contributed by atoms with Crippen LogP contribution in [0.5, 0.6) is 0 Å². The Bertz CT molecular complexity index is 1190. The van der Waals surface area contributed by atoms with Crippen LogP contribution in [-0.2, 0) is 12.6 Å². The standard InChI is InChI=1S/C24H18Cl2F4N2O2/c1-13(31-22(33)20-16(24(28,29)30)4-2-7-19(20)27)12-14-8-10-15(11-9-14)32-23(34)21-17(25)5-3-6-18(21)26/h2-11,13H,12H2,1H3,(H,31,33)(H,32,34). The summed E-state index contributed by atoms with van der Waals surface area (Å²) in [6, 6.07) is 13.0. The second-order valence-corrected chi connectivity index (χ2v) is 8.30. The average Bonchev–Trinajstić information content (AvgIpc) is 2.74. The van der Waals surface area contributed by atoms with Gasteiger partial charge in [-0.15, -0.1) is 0 Å². The molecule has 0 bridgehead atoms. The van der Waals surface area contributed by atoms with Crippen molar-refractivity contribution < 1.29 is 27.2 Å². The highest BCUT2D eigenvalue weighted by Crippen LogP contribution is 2.33. The van der Waals surface area contributed by atoms with Crippen LogP contribution < -0.4 is 10.6 Å². The summed E-state index contributed by atoms with van der Waals surface area (Å²) in [5.74, 6) is -2.90. The van der Waals surface area contributed by atoms with Gasteiger partial charge in [0.2, 0.25) is 0 Å². The van der Waals surface area contributed by atoms with Gasteiger partial charge in [0.15, 0.2) is 0 Å². The van der Waals surface area contributed by atoms with E-state index in [-0.39, 0.29) is 22.0 Å². The topological polar surface area (TPSA) is 58.2 Å². The molecular formula is C24H18Cl2F4N2O2. The molecule has 0 aromatic heterocycles. The normalized spacial score (nSPS) is 12.2. The van der Waals surface area contributed by atoms with Crippen LogP contribution in [0.25, 0.3) is 0 Å². The summed E-state index contributed by atoms with van der Waals surface area (Å²) < 4.78 is 53.5. The molecule has 4 nitrogen and oxygen atoms in total. The summed E-state index contributed by atoms with van der Waals surface area (Å²) in [7, 11) is 0. The summed E-state index contributed by atoms with van der Waals surface area (Å²) in [6.07, 6.45) is -4.61. The van der Waals surface area contributed by atoms with Crippen LogP contribution in [-0.4, -0.2) is 17.9 Å². The number of halogens is 6. The molecule has 1 unspecified atom stereocenters. The Morgan fingerprint density at radius 1 is 0.882 bits per heavy atom. The van der Waals surface area contributed by atoms with Crippen LogP contribution in [0.3, 0.4) is 0 Å². The lowest BCUT2D eigenvalue weighted by molar-refractivity contribution is -0.138. The number of carbonyl (C=O) groups excluding carboxylic acids is 2. The summed E-state index contributed by atoms with van der Waals surface area (Å²) >= 11 is 12.1. The molecule has 1 atom stereocenters. The van der Waals surface area contributed by atoms with Gasteiger partial charge in [-0.1, -0.05) is 47.5 Å². The minimum Gasteiger partial charge on any atom is -0.349 e. The first-order valence-electron chi connectivity index (χ1n) is 9.98. The number of nitrogens with one attached hydrogen (secondary N) is 2. The maximum Gasteiger partial charge on any atom is 0.417 e. The highest BCUT2D eigenvalue weighted by Gasteiger charge is 2.37. The van der Waals surface area contributed by atoms with Crippen molar-refractivity contribution in [1.82, 2.24) is 5.32 Å². The lowest BCUT2D eigenvalue weighted by Crippen LogP contribution is -2.36. The van der Waals surface area contributed by atoms with Crippen molar-refractivity contribution in [3.05, 3.63) is 98.8 Å². The van der Waals surface area contributed by atoms with E-state index in [0.29, 0.717) is 11.8 Å². The molecule has 0 saturated heterocycles. The molecule has 178 valence electrons. The largest absolute Gasteiger partial charge is 0.417 e. The van der Waals surface area contributed by atoms with Crippen molar-refractivity contribution in [3.63, 3.8) is 0 Å². The maximum atomic E-state index is 14.0. The minimum atomic E-state index is -4.87. The van der Waals surface area contributed by atoms with Crippen LogP contribution >= 0.6 is 23.2 Å². The number of hydrogen-bond acceptors (Lipinski definition) is 2. The third-order valence-electron chi connectivity index (χ3n) is 4.87. The average molecular weight is 513 g/mol. The van der Waals surface area contributed by atoms with Crippen molar-refractivity contribution in [2.24, 2.45) is 0 Å². The predicted octanol–water partition coefficient (Wildman–Crippen LogP) is 6.76. The van der Waals surface area contributed by atoms with E-state index in [1.54, 1.807) is 49.4 Å². The van der Waals surface area contributed by atoms with Crippen LogP contribution in [0.2, 0.25) is 10.0 Å². The van der Waals surface area contributed by atoms with Crippen LogP contribution in [0.4, 0.5) is 23.2 Å². The van der Waals surface area contributed by atoms with E-state index in [4.69, 9.17) is 23.2 Å². The molecule has 3 aromatic carbocycles. The smallest absolute Gasteiger partial charge is 0.349 e. The third-order valence-corrected chi connectivity index (χ3v) is 5.50. The van der Waals surface area contributed by atoms with Gasteiger partial charge in [-0.05, 0) is 55.3 Å². The molecule has 0 radical (unpaired) electrons. The first-order chi connectivity index (χ1) is 16.0. The maximum absolute atomic E-state index is 14.0. The minimum absolute atomic E-state index is 0.137. The zero-order chi connectivity index (χ0) is 25.0. The van der Waals surface area contributed by atoms with E-state index in [0.717, 1.165) is 17.7 Å². The summed E-state index contributed by atoms with van der Waals surface area (Å²) in [6.45, 7) is 1.58. The van der Waals surface area contributed by atoms with Gasteiger partial charge in [0.05, 0.1) is 26.7 Å². The zero-order valence-electron chi connectivity index (χ0n) is 17.6. The van der Waals surface area contributed by atoms with E-state index in [1.165, 1.54) is 0 Å². The van der Waals surface area contributed by atoms with E-state index in [9.17, 15) is 27.2 Å². The molecule has 0 saturated carbocycles. The molecule has 34 heavy (non-hydrogen) atoms. The predicted molar refractivity (Wildman–Crippen MR) is 123 cm³/mol. The molecule has 3 rings (SSSR count). The first kappa shape index (κ1) is 25.5. The molecule has 0 heterocycles. The number of rotatable bonds is 6. The van der Waals surface area contributed by atoms with Gasteiger partial charge in [-0.2, -0.15) is 13.2 Å². The Labute approximate surface area is 202 Å². The van der Waals surface area contributed by atoms with Gasteiger partial charge in [0.25, 0.3) is 11.8 Å². The summed E-state index contributed by atoms with van der Waals surface area (Å²) in [4.78, 5) is 24.8. The highest BCUT2D eigenvalue weighted by molar-refractivity contribution is 6.40. The molecule has 2 amide bonds. The Hall–Kier alpha value is -3.10. The van der Waals surface area contributed by atoms with Gasteiger partial charge >= 0.3 is 6.18 Å². The van der Waals surface area contributed by atoms with E-state index >= 15 is 0 Å². The van der Waals surface area contributed by atoms with Crippen LogP contribution in [0.1, 0.15) is 38.8 Å². The quantitative estimate of drug-likeness (QED) is 0.358. The van der Waals surface area contributed by atoms with Gasteiger partial charge in [-0.25, -0.2) is 4.39 Å². The SMILES string of the molecule is CC(Cc1ccc(NC(=O)c2c(Cl)cccc2Cl)cc1)NC(=O)c1c(F)cccc1C(F)(F)F. The molecule has 0 spiro atoms. The molecule has 0 fully saturated rings. The molecule has 2 N–H and O–H groups in total. The van der Waals surface area contributed by atoms with Crippen LogP contribution in [0.15, 0.2) is 60.7 Å². The number of hydrogen-bond donors (Lipinski definition) is 2. The van der Waals surface area contributed by atoms with E-state index in [1.807, 2.05) is 0 Å². The van der Waals surface area contributed by atoms with Crippen molar-refractivity contribution in [3.8, 4) is 0 Å². The summed E-state index contributed by atoms with van der Waals surface area (Å²) in [5.41, 5.74) is -1.06. The van der Waals surface area contributed by atoms with Crippen molar-refractivity contribution >= 4 is 40.7 Å². The Morgan fingerprint density at radius 3 is 2.06 bits per heavy atom. The lowest BCUT2D eigenvalue weighted by atomic mass is 10.0. The van der Waals surface area contributed by atoms with Crippen molar-refractivity contribution in [2.45, 2.75) is 25.6 Å². The zero-order valence-corrected chi connectivity index (χ0v) is 19.2. The van der Waals surface area contributed by atoms with E-state index < -0.39 is 41.0 Å². The fourth-order valence-electron chi connectivity index (χ4n) is 3.32. The molecule has 0 aliphatic carbocycles. The second-order valence-electron chi connectivity index (χ2n) is 7.49. The number of carbonyl (C=O) groups is 2. The van der Waals surface area contributed by atoms with Crippen molar-refractivity contribution in [1.29, 1.82) is 0 Å². The molecule has 0 aliphatic heterocycles. The number of alkyl halides is 3. The number of amides is 2. The van der Waals surface area contributed by atoms with Gasteiger partial charge in [0.1, 0.15) is 5.82 Å². The fourth-order valence-corrected chi connectivity index (χ4v) is 3.89. The molecular weight excluding hydrogens is 495 g/mol. The second kappa shape index (κ2) is 10.4. The Morgan fingerprint density at radius 2 is 1.47 bits per heavy atom. The summed E-state index contributed by atoms with van der Waals surface area (Å²) in [5, 5.41) is 5.48. The molecule has 0 aliphatic rings. The third kappa shape index (κ3) is 6.07.